The van der Waals surface area contributed by atoms with Gasteiger partial charge in [-0.1, -0.05) is 29.8 Å². The zero-order valence-electron chi connectivity index (χ0n) is 8.99. The second-order valence-corrected chi connectivity index (χ2v) is 4.16. The van der Waals surface area contributed by atoms with Gasteiger partial charge in [0.1, 0.15) is 5.54 Å². The highest BCUT2D eigenvalue weighted by Crippen LogP contribution is 2.31. The molecule has 0 saturated heterocycles. The molecule has 1 N–H and O–H groups in total. The lowest BCUT2D eigenvalue weighted by atomic mass is 9.91. The first-order valence-corrected chi connectivity index (χ1v) is 4.94. The van der Waals surface area contributed by atoms with E-state index in [0.717, 1.165) is 0 Å². The minimum absolute atomic E-state index is 0.469. The maximum Gasteiger partial charge on any atom is 0.328 e. The Bertz CT molecular complexity index is 379. The van der Waals surface area contributed by atoms with Crippen LogP contribution in [0.4, 0.5) is 0 Å². The molecule has 0 aliphatic carbocycles. The minimum Gasteiger partial charge on any atom is -0.480 e. The Morgan fingerprint density at radius 2 is 1.93 bits per heavy atom. The Labute approximate surface area is 94.3 Å². The highest BCUT2D eigenvalue weighted by molar-refractivity contribution is 6.31. The van der Waals surface area contributed by atoms with E-state index in [1.54, 1.807) is 50.2 Å². The molecule has 0 aromatic heterocycles. The smallest absolute Gasteiger partial charge is 0.328 e. The summed E-state index contributed by atoms with van der Waals surface area (Å²) in [7, 11) is 3.44. The molecule has 0 radical (unpaired) electrons. The first kappa shape index (κ1) is 12.0. The van der Waals surface area contributed by atoms with Crippen LogP contribution >= 0.6 is 11.6 Å². The highest BCUT2D eigenvalue weighted by Gasteiger charge is 2.38. The Morgan fingerprint density at radius 3 is 2.33 bits per heavy atom. The van der Waals surface area contributed by atoms with Gasteiger partial charge in [-0.25, -0.2) is 4.79 Å². The van der Waals surface area contributed by atoms with Gasteiger partial charge in [0.25, 0.3) is 0 Å². The summed E-state index contributed by atoms with van der Waals surface area (Å²) in [5.74, 6) is -0.916. The summed E-state index contributed by atoms with van der Waals surface area (Å²) in [5.41, 5.74) is -0.498. The number of halogens is 1. The van der Waals surface area contributed by atoms with Gasteiger partial charge in [0.2, 0.25) is 0 Å². The van der Waals surface area contributed by atoms with Crippen LogP contribution in [0.25, 0.3) is 0 Å². The molecule has 0 fully saturated rings. The number of aliphatic carboxylic acids is 1. The Balaban J connectivity index is 3.34. The Morgan fingerprint density at radius 1 is 1.40 bits per heavy atom. The number of rotatable bonds is 3. The topological polar surface area (TPSA) is 40.5 Å². The molecule has 0 aliphatic rings. The van der Waals surface area contributed by atoms with Crippen LogP contribution in [0.2, 0.25) is 5.02 Å². The van der Waals surface area contributed by atoms with E-state index in [4.69, 9.17) is 11.6 Å². The van der Waals surface area contributed by atoms with Gasteiger partial charge in [-0.05, 0) is 27.1 Å². The number of nitrogens with zero attached hydrogens (tertiary/aromatic N) is 1. The average Bonchev–Trinajstić information content (AvgIpc) is 2.16. The second kappa shape index (κ2) is 4.21. The fourth-order valence-electron chi connectivity index (χ4n) is 1.40. The molecule has 0 bridgehead atoms. The van der Waals surface area contributed by atoms with Gasteiger partial charge in [-0.15, -0.1) is 0 Å². The summed E-state index contributed by atoms with van der Waals surface area (Å²) in [6, 6.07) is 6.99. The van der Waals surface area contributed by atoms with Gasteiger partial charge < -0.3 is 5.11 Å². The fraction of sp³-hybridized carbons (Fsp3) is 0.364. The van der Waals surface area contributed by atoms with Crippen molar-refractivity contribution in [3.05, 3.63) is 34.9 Å². The van der Waals surface area contributed by atoms with Crippen LogP contribution < -0.4 is 0 Å². The predicted molar refractivity (Wildman–Crippen MR) is 60.1 cm³/mol. The lowest BCUT2D eigenvalue weighted by molar-refractivity contribution is -0.149. The van der Waals surface area contributed by atoms with Crippen molar-refractivity contribution in [3.8, 4) is 0 Å². The third-order valence-electron chi connectivity index (χ3n) is 2.71. The maximum absolute atomic E-state index is 11.3. The number of likely N-dealkylation sites (N-methyl/N-ethyl adjacent to an activating group) is 1. The van der Waals surface area contributed by atoms with Crippen molar-refractivity contribution >= 4 is 17.6 Å². The molecule has 1 aromatic rings. The van der Waals surface area contributed by atoms with Crippen molar-refractivity contribution in [2.45, 2.75) is 12.5 Å². The normalized spacial score (nSPS) is 15.0. The second-order valence-electron chi connectivity index (χ2n) is 3.75. The molecule has 0 unspecified atom stereocenters. The molecule has 1 atom stereocenters. The first-order valence-electron chi connectivity index (χ1n) is 4.56. The van der Waals surface area contributed by atoms with Gasteiger partial charge in [-0.3, -0.25) is 4.90 Å². The number of carboxylic acid groups (broad SMARTS) is 1. The SMILES string of the molecule is CN(C)[C@](C)(C(=O)O)c1ccccc1Cl. The third-order valence-corrected chi connectivity index (χ3v) is 3.04. The largest absolute Gasteiger partial charge is 0.480 e. The van der Waals surface area contributed by atoms with Crippen molar-refractivity contribution in [1.29, 1.82) is 0 Å². The van der Waals surface area contributed by atoms with Gasteiger partial charge in [0.05, 0.1) is 0 Å². The van der Waals surface area contributed by atoms with Crippen molar-refractivity contribution in [2.24, 2.45) is 0 Å². The van der Waals surface area contributed by atoms with Gasteiger partial charge in [-0.2, -0.15) is 0 Å². The maximum atomic E-state index is 11.3. The predicted octanol–water partition coefficient (Wildman–Crippen LogP) is 2.20. The van der Waals surface area contributed by atoms with Crippen LogP contribution in [-0.2, 0) is 10.3 Å². The molecule has 1 aromatic carbocycles. The van der Waals surface area contributed by atoms with E-state index >= 15 is 0 Å². The number of carboxylic acids is 1. The van der Waals surface area contributed by atoms with Crippen LogP contribution in [0.15, 0.2) is 24.3 Å². The quantitative estimate of drug-likeness (QED) is 0.861. The highest BCUT2D eigenvalue weighted by atomic mass is 35.5. The molecular formula is C11H14ClNO2. The molecule has 1 rings (SSSR count). The molecule has 3 nitrogen and oxygen atoms in total. The van der Waals surface area contributed by atoms with Crippen LogP contribution in [0.3, 0.4) is 0 Å². The third kappa shape index (κ3) is 1.98. The number of carbonyl (C=O) groups is 1. The first-order chi connectivity index (χ1) is 6.90. The average molecular weight is 228 g/mol. The van der Waals surface area contributed by atoms with E-state index in [1.807, 2.05) is 0 Å². The van der Waals surface area contributed by atoms with E-state index in [0.29, 0.717) is 10.6 Å². The zero-order valence-corrected chi connectivity index (χ0v) is 9.75. The fourth-order valence-corrected chi connectivity index (χ4v) is 1.72. The molecular weight excluding hydrogens is 214 g/mol. The lowest BCUT2D eigenvalue weighted by Crippen LogP contribution is -2.45. The molecule has 0 heterocycles. The molecule has 4 heteroatoms. The summed E-state index contributed by atoms with van der Waals surface area (Å²) >= 11 is 6.01. The molecule has 15 heavy (non-hydrogen) atoms. The van der Waals surface area contributed by atoms with Crippen molar-refractivity contribution < 1.29 is 9.90 Å². The van der Waals surface area contributed by atoms with E-state index in [2.05, 4.69) is 0 Å². The van der Waals surface area contributed by atoms with Crippen molar-refractivity contribution in [2.75, 3.05) is 14.1 Å². The lowest BCUT2D eigenvalue weighted by Gasteiger charge is -2.33. The van der Waals surface area contributed by atoms with Crippen molar-refractivity contribution in [1.82, 2.24) is 4.90 Å². The minimum atomic E-state index is -1.10. The van der Waals surface area contributed by atoms with Gasteiger partial charge >= 0.3 is 5.97 Å². The van der Waals surface area contributed by atoms with Crippen LogP contribution in [0.5, 0.6) is 0 Å². The van der Waals surface area contributed by atoms with Crippen LogP contribution in [0, 0.1) is 0 Å². The molecule has 0 saturated carbocycles. The number of benzene rings is 1. The van der Waals surface area contributed by atoms with E-state index < -0.39 is 11.5 Å². The summed E-state index contributed by atoms with van der Waals surface area (Å²) in [5, 5.41) is 9.75. The monoisotopic (exact) mass is 227 g/mol. The van der Waals surface area contributed by atoms with E-state index in [-0.39, 0.29) is 0 Å². The zero-order chi connectivity index (χ0) is 11.6. The number of hydrogen-bond donors (Lipinski definition) is 1. The van der Waals surface area contributed by atoms with Crippen molar-refractivity contribution in [3.63, 3.8) is 0 Å². The summed E-state index contributed by atoms with van der Waals surface area (Å²) < 4.78 is 0. The summed E-state index contributed by atoms with van der Waals surface area (Å²) in [6.07, 6.45) is 0. The molecule has 82 valence electrons. The van der Waals surface area contributed by atoms with Crippen LogP contribution in [0.1, 0.15) is 12.5 Å². The van der Waals surface area contributed by atoms with E-state index in [1.165, 1.54) is 0 Å². The number of hydrogen-bond acceptors (Lipinski definition) is 2. The van der Waals surface area contributed by atoms with Gasteiger partial charge in [0.15, 0.2) is 0 Å². The van der Waals surface area contributed by atoms with E-state index in [9.17, 15) is 9.90 Å². The Kier molecular flexibility index (Phi) is 3.37. The Hall–Kier alpha value is -1.06. The van der Waals surface area contributed by atoms with Gasteiger partial charge in [0, 0.05) is 10.6 Å². The summed E-state index contributed by atoms with van der Waals surface area (Å²) in [6.45, 7) is 1.64. The molecule has 0 spiro atoms. The molecule has 0 aliphatic heterocycles. The molecule has 0 amide bonds. The standard InChI is InChI=1S/C11H14ClNO2/c1-11(10(14)15,13(2)3)8-6-4-5-7-9(8)12/h4-7H,1-3H3,(H,14,15)/t11-/m0/s1. The van der Waals surface area contributed by atoms with Crippen LogP contribution in [-0.4, -0.2) is 30.1 Å². The summed E-state index contributed by atoms with van der Waals surface area (Å²) in [4.78, 5) is 13.0.